The van der Waals surface area contributed by atoms with Crippen molar-refractivity contribution >= 4 is 34.5 Å². The van der Waals surface area contributed by atoms with E-state index in [0.717, 1.165) is 18.2 Å². The van der Waals surface area contributed by atoms with Crippen molar-refractivity contribution in [2.45, 2.75) is 25.0 Å². The van der Waals surface area contributed by atoms with Crippen LogP contribution in [0.25, 0.3) is 10.9 Å². The zero-order valence-corrected chi connectivity index (χ0v) is 16.2. The second-order valence-electron chi connectivity index (χ2n) is 6.03. The summed E-state index contributed by atoms with van der Waals surface area (Å²) in [6.07, 6.45) is 0.771. The van der Waals surface area contributed by atoms with Gasteiger partial charge < -0.3 is 0 Å². The summed E-state index contributed by atoms with van der Waals surface area (Å²) in [5, 5.41) is 1.04. The quantitative estimate of drug-likeness (QED) is 0.379. The van der Waals surface area contributed by atoms with Gasteiger partial charge in [-0.15, -0.1) is 0 Å². The van der Waals surface area contributed by atoms with Gasteiger partial charge in [-0.3, -0.25) is 29.8 Å². The maximum Gasteiger partial charge on any atom is 0.269 e. The number of fused-ring (bicyclic) bond motifs is 1. The minimum Gasteiger partial charge on any atom is -0.287 e. The van der Waals surface area contributed by atoms with Crippen LogP contribution in [-0.2, 0) is 11.3 Å². The number of rotatable bonds is 6. The Hall–Kier alpha value is -3.13. The minimum atomic E-state index is -0.398. The highest BCUT2D eigenvalue weighted by Crippen LogP contribution is 2.17. The minimum absolute atomic E-state index is 0.0174. The lowest BCUT2D eigenvalue weighted by Gasteiger charge is -2.12. The Morgan fingerprint density at radius 1 is 1.04 bits per heavy atom. The number of nitrogens with one attached hydrogen (secondary N) is 2. The maximum absolute atomic E-state index is 12.7. The van der Waals surface area contributed by atoms with Crippen LogP contribution in [0.2, 0.25) is 0 Å². The van der Waals surface area contributed by atoms with E-state index < -0.39 is 5.91 Å². The molecule has 0 fully saturated rings. The Labute approximate surface area is 166 Å². The van der Waals surface area contributed by atoms with E-state index in [9.17, 15) is 14.4 Å². The molecule has 2 amide bonds. The smallest absolute Gasteiger partial charge is 0.269 e. The van der Waals surface area contributed by atoms with E-state index in [4.69, 9.17) is 0 Å². The van der Waals surface area contributed by atoms with Crippen LogP contribution in [0.1, 0.15) is 23.7 Å². The zero-order valence-electron chi connectivity index (χ0n) is 15.3. The van der Waals surface area contributed by atoms with Crippen molar-refractivity contribution in [2.24, 2.45) is 0 Å². The van der Waals surface area contributed by atoms with Crippen molar-refractivity contribution in [1.82, 2.24) is 20.4 Å². The number of hydrazine groups is 1. The highest BCUT2D eigenvalue weighted by Gasteiger charge is 2.13. The molecule has 0 aliphatic carbocycles. The van der Waals surface area contributed by atoms with E-state index in [1.54, 1.807) is 53.1 Å². The molecule has 0 spiro atoms. The van der Waals surface area contributed by atoms with Crippen LogP contribution in [0.3, 0.4) is 0 Å². The molecule has 7 nitrogen and oxygen atoms in total. The molecule has 0 unspecified atom stereocenters. The van der Waals surface area contributed by atoms with Crippen LogP contribution in [-0.4, -0.2) is 27.1 Å². The Balaban J connectivity index is 1.67. The number of hydrogen-bond donors (Lipinski definition) is 2. The largest absolute Gasteiger partial charge is 0.287 e. The molecule has 0 aliphatic heterocycles. The van der Waals surface area contributed by atoms with Gasteiger partial charge in [-0.05, 0) is 30.7 Å². The van der Waals surface area contributed by atoms with Gasteiger partial charge in [0.25, 0.3) is 11.5 Å². The first kappa shape index (κ1) is 19.6. The molecule has 3 rings (SSSR count). The van der Waals surface area contributed by atoms with E-state index in [0.29, 0.717) is 28.2 Å². The molecule has 1 heterocycles. The molecule has 1 aromatic heterocycles. The molecule has 0 saturated carbocycles. The maximum atomic E-state index is 12.7. The summed E-state index contributed by atoms with van der Waals surface area (Å²) in [4.78, 5) is 41.3. The molecule has 2 N–H and O–H groups in total. The van der Waals surface area contributed by atoms with Crippen LogP contribution in [0.15, 0.2) is 64.5 Å². The van der Waals surface area contributed by atoms with Gasteiger partial charge in [0.1, 0.15) is 0 Å². The summed E-state index contributed by atoms with van der Waals surface area (Å²) in [6, 6.07) is 15.7. The summed E-state index contributed by atoms with van der Waals surface area (Å²) in [6.45, 7) is 2.49. The highest BCUT2D eigenvalue weighted by atomic mass is 32.2. The van der Waals surface area contributed by atoms with Gasteiger partial charge in [0, 0.05) is 12.1 Å². The number of hydrogen-bond acceptors (Lipinski definition) is 5. The van der Waals surface area contributed by atoms with Gasteiger partial charge in [0.15, 0.2) is 5.16 Å². The van der Waals surface area contributed by atoms with Crippen LogP contribution < -0.4 is 16.4 Å². The molecular formula is C20H20N4O3S. The molecule has 0 bridgehead atoms. The summed E-state index contributed by atoms with van der Waals surface area (Å²) in [5.41, 5.74) is 5.68. The van der Waals surface area contributed by atoms with Gasteiger partial charge in [-0.1, -0.05) is 49.0 Å². The normalized spacial score (nSPS) is 10.6. The molecule has 0 aliphatic rings. The van der Waals surface area contributed by atoms with Gasteiger partial charge in [0.2, 0.25) is 5.91 Å². The number of carbonyl (C=O) groups excluding carboxylic acids is 2. The SMILES string of the molecule is CCCn1c(SCC(=O)NNC(=O)c2ccccc2)nc2ccccc2c1=O. The first-order valence-corrected chi connectivity index (χ1v) is 9.85. The third-order valence-electron chi connectivity index (χ3n) is 3.96. The van der Waals surface area contributed by atoms with Crippen LogP contribution >= 0.6 is 11.8 Å². The summed E-state index contributed by atoms with van der Waals surface area (Å²) in [7, 11) is 0. The molecule has 2 aromatic carbocycles. The second kappa shape index (κ2) is 9.18. The predicted molar refractivity (Wildman–Crippen MR) is 109 cm³/mol. The molecule has 0 saturated heterocycles. The third kappa shape index (κ3) is 4.58. The average molecular weight is 396 g/mol. The Morgan fingerprint density at radius 2 is 1.75 bits per heavy atom. The van der Waals surface area contributed by atoms with Crippen molar-refractivity contribution < 1.29 is 9.59 Å². The first-order valence-electron chi connectivity index (χ1n) is 8.86. The van der Waals surface area contributed by atoms with E-state index in [2.05, 4.69) is 15.8 Å². The van der Waals surface area contributed by atoms with Crippen molar-refractivity contribution in [2.75, 3.05) is 5.75 Å². The van der Waals surface area contributed by atoms with Crippen molar-refractivity contribution in [3.05, 3.63) is 70.5 Å². The van der Waals surface area contributed by atoms with Crippen LogP contribution in [0.4, 0.5) is 0 Å². The van der Waals surface area contributed by atoms with Gasteiger partial charge in [-0.25, -0.2) is 4.98 Å². The molecule has 0 radical (unpaired) electrons. The first-order chi connectivity index (χ1) is 13.6. The van der Waals surface area contributed by atoms with Gasteiger partial charge in [-0.2, -0.15) is 0 Å². The number of nitrogens with zero attached hydrogens (tertiary/aromatic N) is 2. The summed E-state index contributed by atoms with van der Waals surface area (Å²) < 4.78 is 1.59. The van der Waals surface area contributed by atoms with Crippen LogP contribution in [0, 0.1) is 0 Å². The van der Waals surface area contributed by atoms with Crippen LogP contribution in [0.5, 0.6) is 0 Å². The second-order valence-corrected chi connectivity index (χ2v) is 6.97. The zero-order chi connectivity index (χ0) is 19.9. The number of para-hydroxylation sites is 1. The Morgan fingerprint density at radius 3 is 2.50 bits per heavy atom. The Kier molecular flexibility index (Phi) is 6.44. The fraction of sp³-hybridized carbons (Fsp3) is 0.200. The fourth-order valence-corrected chi connectivity index (χ4v) is 3.46. The predicted octanol–water partition coefficient (Wildman–Crippen LogP) is 2.36. The van der Waals surface area contributed by atoms with E-state index in [-0.39, 0.29) is 17.2 Å². The lowest BCUT2D eigenvalue weighted by Crippen LogP contribution is -2.42. The molecule has 8 heteroatoms. The Bertz CT molecular complexity index is 1050. The lowest BCUT2D eigenvalue weighted by molar-refractivity contribution is -0.119. The van der Waals surface area contributed by atoms with Crippen molar-refractivity contribution in [1.29, 1.82) is 0 Å². The van der Waals surface area contributed by atoms with E-state index >= 15 is 0 Å². The third-order valence-corrected chi connectivity index (χ3v) is 4.93. The fourth-order valence-electron chi connectivity index (χ4n) is 2.63. The molecule has 3 aromatic rings. The lowest BCUT2D eigenvalue weighted by atomic mass is 10.2. The van der Waals surface area contributed by atoms with Gasteiger partial charge >= 0.3 is 0 Å². The molecule has 28 heavy (non-hydrogen) atoms. The van der Waals surface area contributed by atoms with Crippen molar-refractivity contribution in [3.8, 4) is 0 Å². The number of aromatic nitrogens is 2. The number of amides is 2. The molecular weight excluding hydrogens is 376 g/mol. The highest BCUT2D eigenvalue weighted by molar-refractivity contribution is 7.99. The average Bonchev–Trinajstić information content (AvgIpc) is 2.73. The van der Waals surface area contributed by atoms with E-state index in [1.165, 1.54) is 0 Å². The van der Waals surface area contributed by atoms with E-state index in [1.807, 2.05) is 13.0 Å². The number of benzene rings is 2. The molecule has 144 valence electrons. The number of thioether (sulfide) groups is 1. The summed E-state index contributed by atoms with van der Waals surface area (Å²) >= 11 is 1.16. The monoisotopic (exact) mass is 396 g/mol. The topological polar surface area (TPSA) is 93.1 Å². The van der Waals surface area contributed by atoms with Crippen molar-refractivity contribution in [3.63, 3.8) is 0 Å². The van der Waals surface area contributed by atoms with Gasteiger partial charge in [0.05, 0.1) is 16.7 Å². The standard InChI is InChI=1S/C20H20N4O3S/c1-2-12-24-19(27)15-10-6-7-11-16(15)21-20(24)28-13-17(25)22-23-18(26)14-8-4-3-5-9-14/h3-11H,2,12-13H2,1H3,(H,22,25)(H,23,26). The number of carbonyl (C=O) groups is 2. The molecule has 0 atom stereocenters. The summed E-state index contributed by atoms with van der Waals surface area (Å²) in [5.74, 6) is -0.769.